The summed E-state index contributed by atoms with van der Waals surface area (Å²) in [5.41, 5.74) is 2.00. The van der Waals surface area contributed by atoms with Gasteiger partial charge in [-0.15, -0.1) is 0 Å². The quantitative estimate of drug-likeness (QED) is 0.847. The highest BCUT2D eigenvalue weighted by Crippen LogP contribution is 2.32. The Morgan fingerprint density at radius 1 is 1.22 bits per heavy atom. The molecule has 1 unspecified atom stereocenters. The van der Waals surface area contributed by atoms with E-state index in [1.165, 1.54) is 18.4 Å². The number of benzene rings is 1. The third kappa shape index (κ3) is 4.55. The predicted molar refractivity (Wildman–Crippen MR) is 91.2 cm³/mol. The second-order valence-corrected chi connectivity index (χ2v) is 7.20. The van der Waals surface area contributed by atoms with Crippen molar-refractivity contribution in [2.24, 2.45) is 11.8 Å². The molecule has 2 fully saturated rings. The molecule has 1 amide bonds. The topological polar surface area (TPSA) is 52.6 Å². The SMILES string of the molecule is CC(NC(=O)c1ccc(CN2CCC(CO)CC2)cc1)C1CC1. The molecule has 4 nitrogen and oxygen atoms in total. The Labute approximate surface area is 138 Å². The van der Waals surface area contributed by atoms with Crippen LogP contribution in [-0.2, 0) is 6.54 Å². The molecule has 3 rings (SSSR count). The summed E-state index contributed by atoms with van der Waals surface area (Å²) < 4.78 is 0. The van der Waals surface area contributed by atoms with Crippen molar-refractivity contribution in [1.29, 1.82) is 0 Å². The molecule has 126 valence electrons. The molecule has 1 aromatic rings. The molecule has 0 bridgehead atoms. The van der Waals surface area contributed by atoms with E-state index in [0.717, 1.165) is 38.0 Å². The number of aliphatic hydroxyl groups is 1. The lowest BCUT2D eigenvalue weighted by atomic mass is 9.97. The number of carbonyl (C=O) groups is 1. The van der Waals surface area contributed by atoms with Gasteiger partial charge in [-0.1, -0.05) is 12.1 Å². The molecule has 2 N–H and O–H groups in total. The average Bonchev–Trinajstić information content (AvgIpc) is 3.41. The van der Waals surface area contributed by atoms with Crippen LogP contribution in [0.3, 0.4) is 0 Å². The Hall–Kier alpha value is -1.39. The van der Waals surface area contributed by atoms with Crippen LogP contribution >= 0.6 is 0 Å². The van der Waals surface area contributed by atoms with Gasteiger partial charge in [0.25, 0.3) is 5.91 Å². The first-order valence-corrected chi connectivity index (χ1v) is 8.88. The summed E-state index contributed by atoms with van der Waals surface area (Å²) in [5.74, 6) is 1.20. The average molecular weight is 316 g/mol. The fourth-order valence-electron chi connectivity index (χ4n) is 3.35. The zero-order valence-corrected chi connectivity index (χ0v) is 14.0. The van der Waals surface area contributed by atoms with Gasteiger partial charge in [-0.2, -0.15) is 0 Å². The molecule has 1 aliphatic heterocycles. The molecule has 0 radical (unpaired) electrons. The largest absolute Gasteiger partial charge is 0.396 e. The third-order valence-corrected chi connectivity index (χ3v) is 5.28. The molecule has 1 aliphatic carbocycles. The van der Waals surface area contributed by atoms with Crippen LogP contribution in [0.15, 0.2) is 24.3 Å². The van der Waals surface area contributed by atoms with E-state index in [9.17, 15) is 9.90 Å². The smallest absolute Gasteiger partial charge is 0.251 e. The van der Waals surface area contributed by atoms with Gasteiger partial charge in [-0.25, -0.2) is 0 Å². The van der Waals surface area contributed by atoms with Crippen LogP contribution in [0.4, 0.5) is 0 Å². The van der Waals surface area contributed by atoms with Crippen molar-refractivity contribution in [3.8, 4) is 0 Å². The standard InChI is InChI=1S/C19H28N2O2/c1-14(17-6-7-17)20-19(23)18-4-2-15(3-5-18)12-21-10-8-16(13-22)9-11-21/h2-5,14,16-17,22H,6-13H2,1H3,(H,20,23). The minimum absolute atomic E-state index is 0.0414. The predicted octanol–water partition coefficient (Wildman–Crippen LogP) is 2.42. The van der Waals surface area contributed by atoms with Gasteiger partial charge in [-0.05, 0) is 75.2 Å². The van der Waals surface area contributed by atoms with Crippen molar-refractivity contribution < 1.29 is 9.90 Å². The van der Waals surface area contributed by atoms with Crippen molar-refractivity contribution in [3.63, 3.8) is 0 Å². The molecule has 0 aromatic heterocycles. The first-order valence-electron chi connectivity index (χ1n) is 8.88. The highest BCUT2D eigenvalue weighted by molar-refractivity contribution is 5.94. The van der Waals surface area contributed by atoms with Crippen LogP contribution < -0.4 is 5.32 Å². The second kappa shape index (κ2) is 7.45. The van der Waals surface area contributed by atoms with Crippen molar-refractivity contribution in [3.05, 3.63) is 35.4 Å². The van der Waals surface area contributed by atoms with Gasteiger partial charge < -0.3 is 10.4 Å². The van der Waals surface area contributed by atoms with Gasteiger partial charge in [0, 0.05) is 24.8 Å². The summed E-state index contributed by atoms with van der Waals surface area (Å²) in [6, 6.07) is 8.29. The number of amides is 1. The number of rotatable bonds is 6. The Morgan fingerprint density at radius 3 is 2.43 bits per heavy atom. The van der Waals surface area contributed by atoms with Crippen molar-refractivity contribution in [2.45, 2.75) is 45.2 Å². The lowest BCUT2D eigenvalue weighted by Crippen LogP contribution is -2.34. The van der Waals surface area contributed by atoms with Crippen LogP contribution in [0.1, 0.15) is 48.5 Å². The molecule has 23 heavy (non-hydrogen) atoms. The number of nitrogens with zero attached hydrogens (tertiary/aromatic N) is 1. The van der Waals surface area contributed by atoms with E-state index >= 15 is 0 Å². The van der Waals surface area contributed by atoms with Crippen molar-refractivity contribution >= 4 is 5.91 Å². The van der Waals surface area contributed by atoms with Gasteiger partial charge in [0.15, 0.2) is 0 Å². The van der Waals surface area contributed by atoms with Crippen molar-refractivity contribution in [2.75, 3.05) is 19.7 Å². The lowest BCUT2D eigenvalue weighted by molar-refractivity contribution is 0.0936. The first kappa shape index (κ1) is 16.5. The molecule has 0 spiro atoms. The number of nitrogens with one attached hydrogen (secondary N) is 1. The third-order valence-electron chi connectivity index (χ3n) is 5.28. The van der Waals surface area contributed by atoms with Crippen LogP contribution in [0, 0.1) is 11.8 Å². The van der Waals surface area contributed by atoms with Gasteiger partial charge in [-0.3, -0.25) is 9.69 Å². The molecule has 1 atom stereocenters. The monoisotopic (exact) mass is 316 g/mol. The molecule has 1 heterocycles. The Kier molecular flexibility index (Phi) is 5.34. The van der Waals surface area contributed by atoms with E-state index < -0.39 is 0 Å². The van der Waals surface area contributed by atoms with Crippen LogP contribution in [0.5, 0.6) is 0 Å². The minimum atomic E-state index is 0.0414. The van der Waals surface area contributed by atoms with E-state index in [2.05, 4.69) is 29.3 Å². The number of aliphatic hydroxyl groups excluding tert-OH is 1. The number of likely N-dealkylation sites (tertiary alicyclic amines) is 1. The summed E-state index contributed by atoms with van der Waals surface area (Å²) in [7, 11) is 0. The van der Waals surface area contributed by atoms with E-state index in [1.807, 2.05) is 12.1 Å². The molecular formula is C19H28N2O2. The van der Waals surface area contributed by atoms with Gasteiger partial charge in [0.2, 0.25) is 0 Å². The first-order chi connectivity index (χ1) is 11.2. The summed E-state index contributed by atoms with van der Waals surface area (Å²) in [4.78, 5) is 14.6. The number of hydrogen-bond acceptors (Lipinski definition) is 3. The molecule has 2 aliphatic rings. The second-order valence-electron chi connectivity index (χ2n) is 7.20. The Bertz CT molecular complexity index is 517. The normalized spacial score (nSPS) is 21.1. The van der Waals surface area contributed by atoms with Crippen LogP contribution in [0.25, 0.3) is 0 Å². The number of carbonyl (C=O) groups excluding carboxylic acids is 1. The molecule has 4 heteroatoms. The maximum atomic E-state index is 12.2. The summed E-state index contributed by atoms with van der Waals surface area (Å²) in [6.45, 7) is 5.44. The fraction of sp³-hybridized carbons (Fsp3) is 0.632. The molecule has 1 saturated carbocycles. The summed E-state index contributed by atoms with van der Waals surface area (Å²) in [6.07, 6.45) is 4.65. The highest BCUT2D eigenvalue weighted by atomic mass is 16.3. The molecular weight excluding hydrogens is 288 g/mol. The maximum absolute atomic E-state index is 12.2. The van der Waals surface area contributed by atoms with Gasteiger partial charge in [0.1, 0.15) is 0 Å². The van der Waals surface area contributed by atoms with Crippen LogP contribution in [-0.4, -0.2) is 41.7 Å². The highest BCUT2D eigenvalue weighted by Gasteiger charge is 2.29. The fourth-order valence-corrected chi connectivity index (χ4v) is 3.35. The van der Waals surface area contributed by atoms with E-state index in [4.69, 9.17) is 0 Å². The number of piperidine rings is 1. The summed E-state index contributed by atoms with van der Waals surface area (Å²) >= 11 is 0. The zero-order valence-electron chi connectivity index (χ0n) is 14.0. The van der Waals surface area contributed by atoms with Gasteiger partial charge in [0.05, 0.1) is 0 Å². The van der Waals surface area contributed by atoms with Crippen molar-refractivity contribution in [1.82, 2.24) is 10.2 Å². The van der Waals surface area contributed by atoms with E-state index in [-0.39, 0.29) is 11.9 Å². The maximum Gasteiger partial charge on any atom is 0.251 e. The zero-order chi connectivity index (χ0) is 16.2. The lowest BCUT2D eigenvalue weighted by Gasteiger charge is -2.31. The van der Waals surface area contributed by atoms with E-state index in [1.54, 1.807) is 0 Å². The van der Waals surface area contributed by atoms with E-state index in [0.29, 0.717) is 18.4 Å². The minimum Gasteiger partial charge on any atom is -0.396 e. The Balaban J connectivity index is 1.49. The molecule has 1 aromatic carbocycles. The number of hydrogen-bond donors (Lipinski definition) is 2. The summed E-state index contributed by atoms with van der Waals surface area (Å²) in [5, 5.41) is 12.3. The van der Waals surface area contributed by atoms with Crippen LogP contribution in [0.2, 0.25) is 0 Å². The molecule has 1 saturated heterocycles. The van der Waals surface area contributed by atoms with Gasteiger partial charge >= 0.3 is 0 Å². The Morgan fingerprint density at radius 2 is 1.87 bits per heavy atom.